The Balaban J connectivity index is 1.91. The molecule has 0 bridgehead atoms. The molecule has 0 saturated carbocycles. The van der Waals surface area contributed by atoms with E-state index in [4.69, 9.17) is 0 Å². The molecule has 0 radical (unpaired) electrons. The molecular formula is C19H23NO2S. The van der Waals surface area contributed by atoms with Crippen LogP contribution < -0.4 is 5.32 Å². The SMILES string of the molecule is CC(C)[C@H](C(=O)NCC[S@@](=O)c1ccccc1)c1ccccc1. The Labute approximate surface area is 140 Å². The fourth-order valence-corrected chi connectivity index (χ4v) is 3.55. The second-order valence-corrected chi connectivity index (χ2v) is 7.36. The molecule has 0 aliphatic heterocycles. The molecule has 0 unspecified atom stereocenters. The van der Waals surface area contributed by atoms with Crippen molar-refractivity contribution < 1.29 is 9.00 Å². The van der Waals surface area contributed by atoms with Gasteiger partial charge in [0.15, 0.2) is 0 Å². The van der Waals surface area contributed by atoms with Gasteiger partial charge >= 0.3 is 0 Å². The quantitative estimate of drug-likeness (QED) is 0.847. The van der Waals surface area contributed by atoms with E-state index in [2.05, 4.69) is 5.32 Å². The zero-order valence-corrected chi connectivity index (χ0v) is 14.4. The molecule has 0 spiro atoms. The minimum Gasteiger partial charge on any atom is -0.355 e. The van der Waals surface area contributed by atoms with Gasteiger partial charge in [-0.1, -0.05) is 62.4 Å². The highest BCUT2D eigenvalue weighted by Gasteiger charge is 2.23. The maximum atomic E-state index is 12.5. The molecule has 1 N–H and O–H groups in total. The van der Waals surface area contributed by atoms with E-state index in [1.54, 1.807) is 0 Å². The number of benzene rings is 2. The van der Waals surface area contributed by atoms with Crippen LogP contribution in [0.4, 0.5) is 0 Å². The highest BCUT2D eigenvalue weighted by atomic mass is 32.2. The predicted molar refractivity (Wildman–Crippen MR) is 94.7 cm³/mol. The first kappa shape index (κ1) is 17.4. The third kappa shape index (κ3) is 5.03. The average molecular weight is 329 g/mol. The maximum Gasteiger partial charge on any atom is 0.227 e. The van der Waals surface area contributed by atoms with Gasteiger partial charge in [-0.2, -0.15) is 0 Å². The van der Waals surface area contributed by atoms with E-state index < -0.39 is 10.8 Å². The summed E-state index contributed by atoms with van der Waals surface area (Å²) in [4.78, 5) is 13.3. The summed E-state index contributed by atoms with van der Waals surface area (Å²) in [5, 5.41) is 2.93. The topological polar surface area (TPSA) is 46.2 Å². The van der Waals surface area contributed by atoms with Crippen molar-refractivity contribution in [3.8, 4) is 0 Å². The van der Waals surface area contributed by atoms with Gasteiger partial charge in [-0.25, -0.2) is 0 Å². The van der Waals surface area contributed by atoms with Crippen LogP contribution >= 0.6 is 0 Å². The Morgan fingerprint density at radius 2 is 1.57 bits per heavy atom. The van der Waals surface area contributed by atoms with Gasteiger partial charge in [0, 0.05) is 17.2 Å². The summed E-state index contributed by atoms with van der Waals surface area (Å²) < 4.78 is 12.2. The third-order valence-corrected chi connectivity index (χ3v) is 5.07. The Kier molecular flexibility index (Phi) is 6.53. The first-order valence-electron chi connectivity index (χ1n) is 7.85. The van der Waals surface area contributed by atoms with Crippen LogP contribution in [0, 0.1) is 5.92 Å². The van der Waals surface area contributed by atoms with Crippen molar-refractivity contribution in [1.29, 1.82) is 0 Å². The van der Waals surface area contributed by atoms with Crippen LogP contribution in [0.5, 0.6) is 0 Å². The van der Waals surface area contributed by atoms with E-state index >= 15 is 0 Å². The fraction of sp³-hybridized carbons (Fsp3) is 0.316. The van der Waals surface area contributed by atoms with Crippen molar-refractivity contribution in [2.45, 2.75) is 24.7 Å². The second kappa shape index (κ2) is 8.63. The van der Waals surface area contributed by atoms with Crippen LogP contribution in [-0.4, -0.2) is 22.4 Å². The highest BCUT2D eigenvalue weighted by molar-refractivity contribution is 7.85. The lowest BCUT2D eigenvalue weighted by molar-refractivity contribution is -0.123. The minimum atomic E-state index is -1.08. The molecule has 2 rings (SSSR count). The summed E-state index contributed by atoms with van der Waals surface area (Å²) in [6.45, 7) is 4.50. The number of nitrogens with one attached hydrogen (secondary N) is 1. The Hall–Kier alpha value is -1.94. The van der Waals surface area contributed by atoms with Crippen LogP contribution in [0.2, 0.25) is 0 Å². The van der Waals surface area contributed by atoms with Crippen molar-refractivity contribution in [3.05, 3.63) is 66.2 Å². The van der Waals surface area contributed by atoms with Crippen molar-refractivity contribution in [1.82, 2.24) is 5.32 Å². The summed E-state index contributed by atoms with van der Waals surface area (Å²) in [7, 11) is -1.08. The summed E-state index contributed by atoms with van der Waals surface area (Å²) >= 11 is 0. The van der Waals surface area contributed by atoms with Gasteiger partial charge < -0.3 is 5.32 Å². The lowest BCUT2D eigenvalue weighted by Crippen LogP contribution is -2.34. The summed E-state index contributed by atoms with van der Waals surface area (Å²) in [6.07, 6.45) is 0. The van der Waals surface area contributed by atoms with Crippen molar-refractivity contribution >= 4 is 16.7 Å². The largest absolute Gasteiger partial charge is 0.355 e. The van der Waals surface area contributed by atoms with Gasteiger partial charge in [0.25, 0.3) is 0 Å². The first-order chi connectivity index (χ1) is 11.1. The highest BCUT2D eigenvalue weighted by Crippen LogP contribution is 2.24. The summed E-state index contributed by atoms with van der Waals surface area (Å²) in [5.41, 5.74) is 1.02. The number of amides is 1. The predicted octanol–water partition coefficient (Wildman–Crippen LogP) is 3.35. The van der Waals surface area contributed by atoms with E-state index in [-0.39, 0.29) is 17.7 Å². The van der Waals surface area contributed by atoms with Gasteiger partial charge in [0.1, 0.15) is 0 Å². The summed E-state index contributed by atoms with van der Waals surface area (Å²) in [6, 6.07) is 19.1. The average Bonchev–Trinajstić information content (AvgIpc) is 2.56. The molecule has 1 amide bonds. The molecule has 0 saturated heterocycles. The molecule has 0 aliphatic carbocycles. The van der Waals surface area contributed by atoms with Gasteiger partial charge in [0.05, 0.1) is 16.7 Å². The normalized spacial score (nSPS) is 13.5. The lowest BCUT2D eigenvalue weighted by Gasteiger charge is -2.20. The van der Waals surface area contributed by atoms with Crippen molar-refractivity contribution in [3.63, 3.8) is 0 Å². The monoisotopic (exact) mass is 329 g/mol. The van der Waals surface area contributed by atoms with E-state index in [0.29, 0.717) is 12.3 Å². The molecule has 23 heavy (non-hydrogen) atoms. The van der Waals surface area contributed by atoms with Crippen LogP contribution in [0.25, 0.3) is 0 Å². The molecule has 0 aliphatic rings. The standard InChI is InChI=1S/C19H23NO2S/c1-15(2)18(16-9-5-3-6-10-16)19(21)20-13-14-23(22)17-11-7-4-8-12-17/h3-12,15,18H,13-14H2,1-2H3,(H,20,21)/t18-,23+/m0/s1. The molecular weight excluding hydrogens is 306 g/mol. The molecule has 4 heteroatoms. The molecule has 2 aromatic carbocycles. The van der Waals surface area contributed by atoms with Crippen molar-refractivity contribution in [2.75, 3.05) is 12.3 Å². The number of hydrogen-bond donors (Lipinski definition) is 1. The number of hydrogen-bond acceptors (Lipinski definition) is 2. The molecule has 0 heterocycles. The Morgan fingerprint density at radius 3 is 2.13 bits per heavy atom. The van der Waals surface area contributed by atoms with Gasteiger partial charge in [-0.05, 0) is 23.6 Å². The Bertz CT molecular complexity index is 641. The van der Waals surface area contributed by atoms with Crippen molar-refractivity contribution in [2.24, 2.45) is 5.92 Å². The molecule has 0 aromatic heterocycles. The minimum absolute atomic E-state index is 0.00346. The van der Waals surface area contributed by atoms with E-state index in [9.17, 15) is 9.00 Å². The fourth-order valence-electron chi connectivity index (χ4n) is 2.57. The molecule has 3 nitrogen and oxygen atoms in total. The van der Waals surface area contributed by atoms with E-state index in [0.717, 1.165) is 10.5 Å². The number of carbonyl (C=O) groups is 1. The van der Waals surface area contributed by atoms with E-state index in [1.807, 2.05) is 74.5 Å². The smallest absolute Gasteiger partial charge is 0.227 e. The summed E-state index contributed by atoms with van der Waals surface area (Å²) in [5.74, 6) is 0.449. The van der Waals surface area contributed by atoms with Crippen LogP contribution in [-0.2, 0) is 15.6 Å². The molecule has 2 aromatic rings. The lowest BCUT2D eigenvalue weighted by atomic mass is 9.88. The second-order valence-electron chi connectivity index (χ2n) is 5.79. The van der Waals surface area contributed by atoms with Crippen LogP contribution in [0.15, 0.2) is 65.6 Å². The zero-order chi connectivity index (χ0) is 16.7. The van der Waals surface area contributed by atoms with Gasteiger partial charge in [0.2, 0.25) is 5.91 Å². The third-order valence-electron chi connectivity index (χ3n) is 3.70. The van der Waals surface area contributed by atoms with Gasteiger partial charge in [-0.15, -0.1) is 0 Å². The van der Waals surface area contributed by atoms with Crippen LogP contribution in [0.3, 0.4) is 0 Å². The molecule has 122 valence electrons. The first-order valence-corrected chi connectivity index (χ1v) is 9.17. The number of rotatable bonds is 7. The molecule has 2 atom stereocenters. The maximum absolute atomic E-state index is 12.5. The van der Waals surface area contributed by atoms with Crippen LogP contribution in [0.1, 0.15) is 25.3 Å². The molecule has 0 fully saturated rings. The van der Waals surface area contributed by atoms with E-state index in [1.165, 1.54) is 0 Å². The number of carbonyl (C=O) groups excluding carboxylic acids is 1. The Morgan fingerprint density at radius 1 is 1.00 bits per heavy atom. The van der Waals surface area contributed by atoms with Gasteiger partial charge in [-0.3, -0.25) is 9.00 Å². The zero-order valence-electron chi connectivity index (χ0n) is 13.6.